The van der Waals surface area contributed by atoms with E-state index in [-0.39, 0.29) is 5.91 Å². The van der Waals surface area contributed by atoms with Crippen molar-refractivity contribution in [3.05, 3.63) is 53.6 Å². The summed E-state index contributed by atoms with van der Waals surface area (Å²) in [7, 11) is 3.15. The van der Waals surface area contributed by atoms with Gasteiger partial charge in [-0.1, -0.05) is 13.8 Å². The third-order valence-electron chi connectivity index (χ3n) is 3.89. The summed E-state index contributed by atoms with van der Waals surface area (Å²) in [5, 5.41) is 4.00. The Morgan fingerprint density at radius 2 is 1.78 bits per heavy atom. The fourth-order valence-electron chi connectivity index (χ4n) is 2.27. The predicted octanol–water partition coefficient (Wildman–Crippen LogP) is 3.89. The number of benzene rings is 2. The van der Waals surface area contributed by atoms with Crippen molar-refractivity contribution < 1.29 is 19.0 Å². The molecule has 1 amide bonds. The first-order valence-electron chi connectivity index (χ1n) is 8.81. The normalized spacial score (nSPS) is 10.9. The highest BCUT2D eigenvalue weighted by Gasteiger charge is 2.06. The molecule has 6 nitrogen and oxygen atoms in total. The molecule has 0 radical (unpaired) electrons. The van der Waals surface area contributed by atoms with Crippen molar-refractivity contribution in [3.63, 3.8) is 0 Å². The van der Waals surface area contributed by atoms with Crippen LogP contribution in [0, 0.1) is 5.92 Å². The van der Waals surface area contributed by atoms with E-state index in [9.17, 15) is 4.79 Å². The molecule has 2 aromatic rings. The number of amides is 1. The lowest BCUT2D eigenvalue weighted by Crippen LogP contribution is -2.17. The fraction of sp³-hybridized carbons (Fsp3) is 0.333. The van der Waals surface area contributed by atoms with Crippen LogP contribution in [-0.4, -0.2) is 32.9 Å². The second-order valence-corrected chi connectivity index (χ2v) is 6.36. The second-order valence-electron chi connectivity index (χ2n) is 6.36. The van der Waals surface area contributed by atoms with Crippen LogP contribution in [0.15, 0.2) is 47.6 Å². The first-order valence-corrected chi connectivity index (χ1v) is 8.81. The largest absolute Gasteiger partial charge is 0.497 e. The lowest BCUT2D eigenvalue weighted by Gasteiger charge is -2.08. The quantitative estimate of drug-likeness (QED) is 0.537. The van der Waals surface area contributed by atoms with Crippen LogP contribution in [0.1, 0.15) is 36.2 Å². The van der Waals surface area contributed by atoms with Gasteiger partial charge in [-0.25, -0.2) is 5.43 Å². The van der Waals surface area contributed by atoms with Crippen LogP contribution in [-0.2, 0) is 0 Å². The van der Waals surface area contributed by atoms with Gasteiger partial charge < -0.3 is 14.2 Å². The molecule has 0 saturated heterocycles. The van der Waals surface area contributed by atoms with Gasteiger partial charge in [0, 0.05) is 17.2 Å². The Morgan fingerprint density at radius 1 is 1.07 bits per heavy atom. The lowest BCUT2D eigenvalue weighted by atomic mass is 10.1. The predicted molar refractivity (Wildman–Crippen MR) is 106 cm³/mol. The van der Waals surface area contributed by atoms with E-state index in [0.29, 0.717) is 29.6 Å². The van der Waals surface area contributed by atoms with E-state index in [2.05, 4.69) is 24.4 Å². The molecule has 0 spiro atoms. The van der Waals surface area contributed by atoms with Crippen LogP contribution in [0.25, 0.3) is 0 Å². The molecule has 1 N–H and O–H groups in total. The Balaban J connectivity index is 1.92. The Bertz CT molecular complexity index is 770. The molecule has 2 rings (SSSR count). The molecular weight excluding hydrogens is 344 g/mol. The van der Waals surface area contributed by atoms with E-state index in [1.165, 1.54) is 6.21 Å². The number of carbonyl (C=O) groups excluding carboxylic acids is 1. The number of ether oxygens (including phenoxy) is 3. The van der Waals surface area contributed by atoms with Gasteiger partial charge in [-0.2, -0.15) is 5.10 Å². The van der Waals surface area contributed by atoms with Crippen molar-refractivity contribution in [3.8, 4) is 17.2 Å². The molecule has 144 valence electrons. The van der Waals surface area contributed by atoms with E-state index >= 15 is 0 Å². The molecule has 0 fully saturated rings. The first-order chi connectivity index (χ1) is 13.0. The number of nitrogens with one attached hydrogen (secondary N) is 1. The summed E-state index contributed by atoms with van der Waals surface area (Å²) >= 11 is 0. The van der Waals surface area contributed by atoms with Crippen molar-refractivity contribution in [1.29, 1.82) is 0 Å². The third-order valence-corrected chi connectivity index (χ3v) is 3.89. The van der Waals surface area contributed by atoms with Gasteiger partial charge in [0.05, 0.1) is 27.0 Å². The maximum Gasteiger partial charge on any atom is 0.271 e. The standard InChI is InChI=1S/C21H26N2O4/c1-15(2)11-12-27-18-8-5-16(6-9-18)21(24)23-22-14-17-7-10-19(25-3)13-20(17)26-4/h5-10,13-15H,11-12H2,1-4H3,(H,23,24)/b22-14+. The Labute approximate surface area is 160 Å². The number of hydrogen-bond donors (Lipinski definition) is 1. The van der Waals surface area contributed by atoms with Gasteiger partial charge in [0.15, 0.2) is 0 Å². The minimum atomic E-state index is -0.299. The maximum atomic E-state index is 12.2. The molecule has 0 atom stereocenters. The molecule has 0 aliphatic rings. The number of methoxy groups -OCH3 is 2. The highest BCUT2D eigenvalue weighted by Crippen LogP contribution is 2.23. The summed E-state index contributed by atoms with van der Waals surface area (Å²) in [4.78, 5) is 12.2. The number of nitrogens with zero attached hydrogens (tertiary/aromatic N) is 1. The molecule has 0 bridgehead atoms. The maximum absolute atomic E-state index is 12.2. The molecule has 0 aromatic heterocycles. The average Bonchev–Trinajstić information content (AvgIpc) is 2.68. The number of rotatable bonds is 9. The van der Waals surface area contributed by atoms with E-state index in [1.54, 1.807) is 56.7 Å². The van der Waals surface area contributed by atoms with Gasteiger partial charge in [0.2, 0.25) is 0 Å². The first kappa shape index (κ1) is 20.3. The van der Waals surface area contributed by atoms with E-state index in [0.717, 1.165) is 17.7 Å². The highest BCUT2D eigenvalue weighted by atomic mass is 16.5. The Kier molecular flexibility index (Phi) is 7.67. The molecule has 0 heterocycles. The second kappa shape index (κ2) is 10.2. The van der Waals surface area contributed by atoms with Gasteiger partial charge in [-0.3, -0.25) is 4.79 Å². The van der Waals surface area contributed by atoms with Crippen molar-refractivity contribution in [1.82, 2.24) is 5.43 Å². The summed E-state index contributed by atoms with van der Waals surface area (Å²) in [5.74, 6) is 2.34. The third kappa shape index (κ3) is 6.33. The van der Waals surface area contributed by atoms with Crippen LogP contribution in [0.5, 0.6) is 17.2 Å². The van der Waals surface area contributed by atoms with Gasteiger partial charge in [0.1, 0.15) is 17.2 Å². The zero-order chi connectivity index (χ0) is 19.6. The fourth-order valence-corrected chi connectivity index (χ4v) is 2.27. The van der Waals surface area contributed by atoms with Crippen LogP contribution >= 0.6 is 0 Å². The average molecular weight is 370 g/mol. The molecule has 6 heteroatoms. The number of hydrazone groups is 1. The topological polar surface area (TPSA) is 69.2 Å². The SMILES string of the molecule is COc1ccc(/C=N/NC(=O)c2ccc(OCCC(C)C)cc2)c(OC)c1. The van der Waals surface area contributed by atoms with Crippen LogP contribution in [0.3, 0.4) is 0 Å². The van der Waals surface area contributed by atoms with Crippen LogP contribution < -0.4 is 19.6 Å². The minimum Gasteiger partial charge on any atom is -0.497 e. The van der Waals surface area contributed by atoms with Gasteiger partial charge in [-0.15, -0.1) is 0 Å². The van der Waals surface area contributed by atoms with E-state index in [1.807, 2.05) is 0 Å². The number of carbonyl (C=O) groups is 1. The van der Waals surface area contributed by atoms with Crippen molar-refractivity contribution in [2.24, 2.45) is 11.0 Å². The van der Waals surface area contributed by atoms with Crippen LogP contribution in [0.4, 0.5) is 0 Å². The van der Waals surface area contributed by atoms with Gasteiger partial charge >= 0.3 is 0 Å². The summed E-state index contributed by atoms with van der Waals surface area (Å²) in [6.07, 6.45) is 2.52. The number of hydrogen-bond acceptors (Lipinski definition) is 5. The van der Waals surface area contributed by atoms with Crippen LogP contribution in [0.2, 0.25) is 0 Å². The summed E-state index contributed by atoms with van der Waals surface area (Å²) in [6.45, 7) is 4.97. The zero-order valence-electron chi connectivity index (χ0n) is 16.2. The molecule has 2 aromatic carbocycles. The molecule has 0 aliphatic heterocycles. The summed E-state index contributed by atoms with van der Waals surface area (Å²) < 4.78 is 16.1. The smallest absolute Gasteiger partial charge is 0.271 e. The van der Waals surface area contributed by atoms with E-state index in [4.69, 9.17) is 14.2 Å². The molecule has 0 aliphatic carbocycles. The monoisotopic (exact) mass is 370 g/mol. The van der Waals surface area contributed by atoms with Crippen molar-refractivity contribution in [2.45, 2.75) is 20.3 Å². The molecule has 27 heavy (non-hydrogen) atoms. The Morgan fingerprint density at radius 3 is 2.41 bits per heavy atom. The minimum absolute atomic E-state index is 0.299. The Hall–Kier alpha value is -3.02. The molecular formula is C21H26N2O4. The van der Waals surface area contributed by atoms with E-state index < -0.39 is 0 Å². The van der Waals surface area contributed by atoms with Gasteiger partial charge in [0.25, 0.3) is 5.91 Å². The summed E-state index contributed by atoms with van der Waals surface area (Å²) in [6, 6.07) is 12.3. The lowest BCUT2D eigenvalue weighted by molar-refractivity contribution is 0.0955. The van der Waals surface area contributed by atoms with Crippen molar-refractivity contribution >= 4 is 12.1 Å². The van der Waals surface area contributed by atoms with Gasteiger partial charge in [-0.05, 0) is 48.7 Å². The molecule has 0 saturated carbocycles. The summed E-state index contributed by atoms with van der Waals surface area (Å²) in [5.41, 5.74) is 3.74. The molecule has 0 unspecified atom stereocenters. The zero-order valence-corrected chi connectivity index (χ0v) is 16.2. The highest BCUT2D eigenvalue weighted by molar-refractivity contribution is 5.95. The van der Waals surface area contributed by atoms with Crippen molar-refractivity contribution in [2.75, 3.05) is 20.8 Å².